The Hall–Kier alpha value is -7.16. The lowest BCUT2D eigenvalue weighted by molar-refractivity contribution is -0.108. The van der Waals surface area contributed by atoms with Crippen molar-refractivity contribution in [2.75, 3.05) is 13.2 Å². The van der Waals surface area contributed by atoms with E-state index in [1.165, 1.54) is 41.0 Å². The summed E-state index contributed by atoms with van der Waals surface area (Å²) in [7, 11) is 0. The fourth-order valence-electron chi connectivity index (χ4n) is 15.2. The van der Waals surface area contributed by atoms with Crippen molar-refractivity contribution >= 4 is 38.8 Å². The van der Waals surface area contributed by atoms with Crippen LogP contribution in [0.3, 0.4) is 0 Å². The maximum Gasteiger partial charge on any atom is 0.147 e. The van der Waals surface area contributed by atoms with E-state index < -0.39 is 16.8 Å². The zero-order chi connectivity index (χ0) is 70.1. The van der Waals surface area contributed by atoms with Gasteiger partial charge in [0.25, 0.3) is 0 Å². The molecule has 2 heterocycles. The van der Waals surface area contributed by atoms with Crippen LogP contribution in [0.1, 0.15) is 225 Å². The molecule has 1 aliphatic carbocycles. The Bertz CT molecular complexity index is 4370. The van der Waals surface area contributed by atoms with Gasteiger partial charge in [-0.15, -0.1) is 0 Å². The molecular formula is C87H110F2N2O4. The Labute approximate surface area is 568 Å². The Balaban J connectivity index is 1.07. The third kappa shape index (κ3) is 14.2. The van der Waals surface area contributed by atoms with Gasteiger partial charge in [0.1, 0.15) is 28.9 Å². The van der Waals surface area contributed by atoms with Crippen molar-refractivity contribution in [3.8, 4) is 50.9 Å². The maximum absolute atomic E-state index is 16.3. The number of benzene rings is 7. The summed E-state index contributed by atoms with van der Waals surface area (Å²) in [6.07, 6.45) is 6.70. The van der Waals surface area contributed by atoms with Crippen LogP contribution in [0.4, 0.5) is 8.78 Å². The van der Waals surface area contributed by atoms with Gasteiger partial charge in [0, 0.05) is 45.2 Å². The molecule has 0 radical (unpaired) electrons. The summed E-state index contributed by atoms with van der Waals surface area (Å²) >= 11 is 0. The zero-order valence-electron chi connectivity index (χ0n) is 62.2. The SMILES string of the molecule is CC(C)(C)CC(C)(C)c1cc(-c2cccc(F)c2)c(O)c(-n2c3c(c4cc(C(C)(C)C)ccc42)CC(OCC(COc2ccc(F)cc2-c2cc(C(C)(C)CC(C)(C)C)cc(-n4c5ccc(C(C)(C)C)cc5c5cc(C(C)(C)C)ccc54)c2O)C(C)(C)C)(C(C)(C)C)C=C3)c1. The number of rotatable bonds is 14. The van der Waals surface area contributed by atoms with Gasteiger partial charge in [-0.1, -0.05) is 203 Å². The molecule has 0 spiro atoms. The zero-order valence-corrected chi connectivity index (χ0v) is 62.2. The Morgan fingerprint density at radius 2 is 0.926 bits per heavy atom. The molecule has 0 amide bonds. The first-order chi connectivity index (χ1) is 43.6. The predicted octanol–water partition coefficient (Wildman–Crippen LogP) is 24.2. The van der Waals surface area contributed by atoms with E-state index in [9.17, 15) is 10.2 Å². The van der Waals surface area contributed by atoms with Gasteiger partial charge < -0.3 is 28.8 Å². The third-order valence-electron chi connectivity index (χ3n) is 20.4. The van der Waals surface area contributed by atoms with E-state index in [0.29, 0.717) is 52.4 Å². The van der Waals surface area contributed by atoms with Crippen LogP contribution in [0.5, 0.6) is 17.2 Å². The Morgan fingerprint density at radius 1 is 0.463 bits per heavy atom. The molecule has 0 bridgehead atoms. The summed E-state index contributed by atoms with van der Waals surface area (Å²) in [6, 6.07) is 39.8. The van der Waals surface area contributed by atoms with Crippen LogP contribution in [0.15, 0.2) is 127 Å². The van der Waals surface area contributed by atoms with Gasteiger partial charge in [-0.25, -0.2) is 8.78 Å². The van der Waals surface area contributed by atoms with Crippen LogP contribution in [0, 0.1) is 39.2 Å². The van der Waals surface area contributed by atoms with Gasteiger partial charge in [0.05, 0.1) is 52.4 Å². The highest BCUT2D eigenvalue weighted by atomic mass is 19.1. The highest BCUT2D eigenvalue weighted by molar-refractivity contribution is 6.10. The minimum atomic E-state index is -0.815. The number of fused-ring (bicyclic) bond motifs is 6. The van der Waals surface area contributed by atoms with Crippen molar-refractivity contribution in [2.45, 2.75) is 225 Å². The molecule has 0 fully saturated rings. The van der Waals surface area contributed by atoms with Gasteiger partial charge in [-0.2, -0.15) is 0 Å². The molecule has 10 rings (SSSR count). The summed E-state index contributed by atoms with van der Waals surface area (Å²) < 4.78 is 50.6. The molecule has 95 heavy (non-hydrogen) atoms. The monoisotopic (exact) mass is 1280 g/mol. The number of hydrogen-bond donors (Lipinski definition) is 2. The lowest BCUT2D eigenvalue weighted by Gasteiger charge is -2.46. The van der Waals surface area contributed by atoms with Crippen LogP contribution in [-0.4, -0.2) is 38.2 Å². The second-order valence-electron chi connectivity index (χ2n) is 37.0. The smallest absolute Gasteiger partial charge is 0.147 e. The number of hydrogen-bond acceptors (Lipinski definition) is 4. The lowest BCUT2D eigenvalue weighted by atomic mass is 9.70. The third-order valence-corrected chi connectivity index (χ3v) is 20.4. The number of aromatic hydroxyl groups is 2. The average molecular weight is 1290 g/mol. The highest BCUT2D eigenvalue weighted by Crippen LogP contribution is 2.52. The fraction of sp³-hybridized carbons (Fsp3) is 0.471. The molecule has 0 saturated heterocycles. The average Bonchev–Trinajstić information content (AvgIpc) is 1.60. The molecule has 2 atom stereocenters. The number of nitrogens with zero attached hydrogens (tertiary/aromatic N) is 2. The highest BCUT2D eigenvalue weighted by Gasteiger charge is 2.46. The lowest BCUT2D eigenvalue weighted by Crippen LogP contribution is -2.49. The first-order valence-electron chi connectivity index (χ1n) is 34.6. The molecule has 506 valence electrons. The van der Waals surface area contributed by atoms with Gasteiger partial charge in [-0.05, 0) is 204 Å². The topological polar surface area (TPSA) is 68.8 Å². The molecule has 1 aliphatic rings. The molecule has 0 aliphatic heterocycles. The minimum absolute atomic E-state index is 0.000112. The molecule has 2 N–H and O–H groups in total. The fourth-order valence-corrected chi connectivity index (χ4v) is 15.2. The first-order valence-corrected chi connectivity index (χ1v) is 34.6. The Morgan fingerprint density at radius 3 is 1.40 bits per heavy atom. The van der Waals surface area contributed by atoms with E-state index in [2.05, 4.69) is 273 Å². The van der Waals surface area contributed by atoms with Gasteiger partial charge >= 0.3 is 0 Å². The molecule has 9 aromatic rings. The van der Waals surface area contributed by atoms with Crippen molar-refractivity contribution in [3.05, 3.63) is 178 Å². The molecule has 0 saturated carbocycles. The van der Waals surface area contributed by atoms with Crippen molar-refractivity contribution in [3.63, 3.8) is 0 Å². The number of halogens is 2. The van der Waals surface area contributed by atoms with Crippen molar-refractivity contribution < 1.29 is 28.5 Å². The van der Waals surface area contributed by atoms with E-state index in [4.69, 9.17) is 9.47 Å². The van der Waals surface area contributed by atoms with Crippen LogP contribution in [0.2, 0.25) is 0 Å². The first kappa shape index (κ1) is 70.6. The number of phenols is 2. The predicted molar refractivity (Wildman–Crippen MR) is 398 cm³/mol. The summed E-state index contributed by atoms with van der Waals surface area (Å²) in [6.45, 7) is 56.8. The Kier molecular flexibility index (Phi) is 17.9. The van der Waals surface area contributed by atoms with Crippen molar-refractivity contribution in [1.82, 2.24) is 9.13 Å². The molecule has 6 nitrogen and oxygen atoms in total. The molecule has 2 unspecified atom stereocenters. The van der Waals surface area contributed by atoms with E-state index in [1.807, 2.05) is 6.07 Å². The van der Waals surface area contributed by atoms with E-state index in [1.54, 1.807) is 12.1 Å². The van der Waals surface area contributed by atoms with Crippen LogP contribution in [0.25, 0.3) is 72.4 Å². The second-order valence-corrected chi connectivity index (χ2v) is 37.0. The molecular weight excluding hydrogens is 1170 g/mol. The number of ether oxygens (including phenoxy) is 2. The molecule has 2 aromatic heterocycles. The summed E-state index contributed by atoms with van der Waals surface area (Å²) in [5, 5.41) is 29.3. The quantitative estimate of drug-likeness (QED) is 0.114. The van der Waals surface area contributed by atoms with Gasteiger partial charge in [0.15, 0.2) is 0 Å². The summed E-state index contributed by atoms with van der Waals surface area (Å²) in [5.74, 6) is -0.387. The summed E-state index contributed by atoms with van der Waals surface area (Å²) in [5.41, 5.74) is 11.5. The minimum Gasteiger partial charge on any atom is -0.505 e. The van der Waals surface area contributed by atoms with Crippen LogP contribution in [-0.2, 0) is 38.2 Å². The van der Waals surface area contributed by atoms with Crippen molar-refractivity contribution in [1.29, 1.82) is 0 Å². The van der Waals surface area contributed by atoms with Crippen molar-refractivity contribution in [2.24, 2.45) is 27.6 Å². The van der Waals surface area contributed by atoms with E-state index in [-0.39, 0.29) is 73.2 Å². The number of phenolic OH excluding ortho intramolecular Hbond substituents is 2. The standard InChI is InChI=1S/C87H110F2N2O4/c1-78(2,3)51-85(22,23)57-43-62(53-27-26-28-60(88)39-53)76(92)73(45-57)91-71-35-31-56(82(13,14)15)42-65(71)68-48-87(84(19,20)21,38-37-72(68)91)95-50-59(83(16,17)18)49-94-75-36-32-61(89)47-66(75)67-44-58(86(24,25)52-79(4,5)6)46-74(77(67)93)90-69-33-29-54(80(7,8)9)40-63(69)64-41-55(81(10,11)12)30-34-70(64)90/h26-47,59,92-93H,48-52H2,1-25H3. The van der Waals surface area contributed by atoms with E-state index in [0.717, 1.165) is 67.9 Å². The number of aromatic nitrogens is 2. The summed E-state index contributed by atoms with van der Waals surface area (Å²) in [4.78, 5) is 0. The van der Waals surface area contributed by atoms with Crippen LogP contribution < -0.4 is 4.74 Å². The second kappa shape index (κ2) is 24.1. The van der Waals surface area contributed by atoms with Gasteiger partial charge in [-0.3, -0.25) is 0 Å². The van der Waals surface area contributed by atoms with Gasteiger partial charge in [0.2, 0.25) is 0 Å². The normalized spacial score (nSPS) is 15.9. The van der Waals surface area contributed by atoms with E-state index >= 15 is 8.78 Å². The molecule has 8 heteroatoms. The maximum atomic E-state index is 16.3. The molecule has 7 aromatic carbocycles. The largest absolute Gasteiger partial charge is 0.505 e. The van der Waals surface area contributed by atoms with Crippen LogP contribution >= 0.6 is 0 Å².